The number of carboxylic acids is 1. The average molecular weight is 441 g/mol. The number of carboxylic acid groups (broad SMARTS) is 1. The van der Waals surface area contributed by atoms with E-state index in [-0.39, 0.29) is 30.6 Å². The Morgan fingerprint density at radius 2 is 2.03 bits per heavy atom. The van der Waals surface area contributed by atoms with Gasteiger partial charge in [-0.2, -0.15) is 0 Å². The summed E-state index contributed by atoms with van der Waals surface area (Å²) >= 11 is 0. The van der Waals surface area contributed by atoms with Crippen LogP contribution < -0.4 is 20.1 Å². The Labute approximate surface area is 186 Å². The lowest BCUT2D eigenvalue weighted by Crippen LogP contribution is -2.25. The molecule has 0 aliphatic carbocycles. The van der Waals surface area contributed by atoms with Crippen LogP contribution in [0.3, 0.4) is 0 Å². The quantitative estimate of drug-likeness (QED) is 0.354. The normalized spacial score (nSPS) is 11.8. The zero-order valence-electron chi connectivity index (χ0n) is 18.4. The second-order valence-corrected chi connectivity index (χ2v) is 7.23. The number of methoxy groups -OCH3 is 2. The molecular weight excluding hydrogens is 412 g/mol. The first-order valence-electron chi connectivity index (χ1n) is 10.4. The Kier molecular flexibility index (Phi) is 7.67. The third-order valence-electron chi connectivity index (χ3n) is 5.10. The Hall–Kier alpha value is -3.59. The molecule has 4 N–H and O–H groups in total. The van der Waals surface area contributed by atoms with Gasteiger partial charge in [0.15, 0.2) is 0 Å². The summed E-state index contributed by atoms with van der Waals surface area (Å²) in [5.74, 6) is 0.318. The van der Waals surface area contributed by atoms with Crippen molar-refractivity contribution in [3.63, 3.8) is 0 Å². The van der Waals surface area contributed by atoms with Gasteiger partial charge >= 0.3 is 5.97 Å². The van der Waals surface area contributed by atoms with Crippen molar-refractivity contribution in [2.24, 2.45) is 0 Å². The van der Waals surface area contributed by atoms with Crippen LogP contribution in [0.5, 0.6) is 11.5 Å². The van der Waals surface area contributed by atoms with Crippen LogP contribution in [-0.4, -0.2) is 53.0 Å². The van der Waals surface area contributed by atoms with Crippen LogP contribution in [0, 0.1) is 0 Å². The number of aliphatic hydroxyl groups is 1. The molecule has 0 aliphatic heterocycles. The number of nitrogens with zero attached hydrogens (tertiary/aromatic N) is 2. The van der Waals surface area contributed by atoms with Gasteiger partial charge in [0.1, 0.15) is 28.4 Å². The predicted octanol–water partition coefficient (Wildman–Crippen LogP) is 3.53. The number of hydrogen-bond donors (Lipinski definition) is 4. The van der Waals surface area contributed by atoms with Gasteiger partial charge < -0.3 is 30.3 Å². The number of benzene rings is 1. The number of aromatic carboxylic acids is 1. The maximum absolute atomic E-state index is 12.3. The average Bonchev–Trinajstić information content (AvgIpc) is 2.81. The molecule has 1 unspecified atom stereocenters. The number of nitrogens with one attached hydrogen (secondary N) is 2. The Balaban J connectivity index is 2.05. The molecule has 3 rings (SSSR count). The predicted molar refractivity (Wildman–Crippen MR) is 123 cm³/mol. The van der Waals surface area contributed by atoms with E-state index in [0.29, 0.717) is 34.6 Å². The summed E-state index contributed by atoms with van der Waals surface area (Å²) in [5, 5.41) is 26.1. The number of rotatable bonds is 11. The molecule has 0 aliphatic rings. The minimum atomic E-state index is -1.15. The van der Waals surface area contributed by atoms with E-state index in [4.69, 9.17) is 9.47 Å². The summed E-state index contributed by atoms with van der Waals surface area (Å²) in [6.45, 7) is 2.15. The van der Waals surface area contributed by atoms with Gasteiger partial charge in [0.05, 0.1) is 32.0 Å². The number of pyridine rings is 2. The first kappa shape index (κ1) is 23.1. The Morgan fingerprint density at radius 3 is 2.69 bits per heavy atom. The van der Waals surface area contributed by atoms with E-state index >= 15 is 0 Å². The SMILES string of the molecule is CCCC(CO)Nc1c(C(=O)O)c(NCc2ccc(OC)cc2OC)nc2cccnc12. The van der Waals surface area contributed by atoms with Crippen LogP contribution in [0.2, 0.25) is 0 Å². The topological polar surface area (TPSA) is 126 Å². The van der Waals surface area contributed by atoms with Gasteiger partial charge in [0, 0.05) is 30.4 Å². The van der Waals surface area contributed by atoms with Crippen LogP contribution in [0.4, 0.5) is 11.5 Å². The molecule has 9 nitrogen and oxygen atoms in total. The number of carbonyl (C=O) groups is 1. The van der Waals surface area contributed by atoms with Crippen molar-refractivity contribution in [2.45, 2.75) is 32.4 Å². The number of aromatic nitrogens is 2. The second-order valence-electron chi connectivity index (χ2n) is 7.23. The monoisotopic (exact) mass is 440 g/mol. The van der Waals surface area contributed by atoms with Gasteiger partial charge in [-0.05, 0) is 30.7 Å². The molecule has 0 amide bonds. The summed E-state index contributed by atoms with van der Waals surface area (Å²) in [7, 11) is 3.14. The smallest absolute Gasteiger partial charge is 0.341 e. The van der Waals surface area contributed by atoms with E-state index in [9.17, 15) is 15.0 Å². The third kappa shape index (κ3) is 5.00. The van der Waals surface area contributed by atoms with E-state index < -0.39 is 5.97 Å². The van der Waals surface area contributed by atoms with Gasteiger partial charge in [-0.3, -0.25) is 4.98 Å². The fraction of sp³-hybridized carbons (Fsp3) is 0.348. The highest BCUT2D eigenvalue weighted by Gasteiger charge is 2.23. The lowest BCUT2D eigenvalue weighted by molar-refractivity contribution is 0.0698. The van der Waals surface area contributed by atoms with Crippen molar-refractivity contribution in [1.29, 1.82) is 0 Å². The van der Waals surface area contributed by atoms with E-state index in [1.54, 1.807) is 44.7 Å². The molecule has 1 atom stereocenters. The largest absolute Gasteiger partial charge is 0.497 e. The molecule has 0 saturated carbocycles. The van der Waals surface area contributed by atoms with Crippen LogP contribution in [0.25, 0.3) is 11.0 Å². The van der Waals surface area contributed by atoms with E-state index in [2.05, 4.69) is 20.6 Å². The molecule has 0 saturated heterocycles. The molecule has 2 heterocycles. The molecule has 0 spiro atoms. The van der Waals surface area contributed by atoms with Gasteiger partial charge in [-0.15, -0.1) is 0 Å². The van der Waals surface area contributed by atoms with Gasteiger partial charge in [0.2, 0.25) is 0 Å². The molecule has 0 radical (unpaired) electrons. The highest BCUT2D eigenvalue weighted by molar-refractivity contribution is 6.07. The lowest BCUT2D eigenvalue weighted by Gasteiger charge is -2.21. The van der Waals surface area contributed by atoms with Crippen molar-refractivity contribution < 1.29 is 24.5 Å². The lowest BCUT2D eigenvalue weighted by atomic mass is 10.1. The molecule has 32 heavy (non-hydrogen) atoms. The van der Waals surface area contributed by atoms with Crippen molar-refractivity contribution >= 4 is 28.5 Å². The zero-order chi connectivity index (χ0) is 23.1. The number of aliphatic hydroxyl groups excluding tert-OH is 1. The summed E-state index contributed by atoms with van der Waals surface area (Å²) in [6.07, 6.45) is 3.10. The number of hydrogen-bond acceptors (Lipinski definition) is 8. The summed E-state index contributed by atoms with van der Waals surface area (Å²) < 4.78 is 10.7. The third-order valence-corrected chi connectivity index (χ3v) is 5.10. The van der Waals surface area contributed by atoms with Gasteiger partial charge in [0.25, 0.3) is 0 Å². The first-order valence-corrected chi connectivity index (χ1v) is 10.4. The van der Waals surface area contributed by atoms with E-state index in [1.807, 2.05) is 13.0 Å². The molecule has 1 aromatic carbocycles. The van der Waals surface area contributed by atoms with E-state index in [1.165, 1.54) is 0 Å². The van der Waals surface area contributed by atoms with Gasteiger partial charge in [-0.1, -0.05) is 13.3 Å². The Morgan fingerprint density at radius 1 is 1.22 bits per heavy atom. The minimum Gasteiger partial charge on any atom is -0.497 e. The van der Waals surface area contributed by atoms with Crippen LogP contribution >= 0.6 is 0 Å². The standard InChI is InChI=1S/C23H28N4O5/c1-4-6-15(13-28)26-21-19(23(29)30)22(27-17-7-5-10-24-20(17)21)25-12-14-8-9-16(31-2)11-18(14)32-3/h5,7-11,15,28H,4,6,12-13H2,1-3H3,(H,29,30)(H2,25,26,27). The summed E-state index contributed by atoms with van der Waals surface area (Å²) in [4.78, 5) is 21.1. The maximum Gasteiger partial charge on any atom is 0.341 e. The van der Waals surface area contributed by atoms with Crippen molar-refractivity contribution in [2.75, 3.05) is 31.5 Å². The summed E-state index contributed by atoms with van der Waals surface area (Å²) in [5.41, 5.74) is 2.09. The van der Waals surface area contributed by atoms with Crippen LogP contribution in [0.1, 0.15) is 35.7 Å². The van der Waals surface area contributed by atoms with Crippen molar-refractivity contribution in [1.82, 2.24) is 9.97 Å². The molecule has 0 bridgehead atoms. The van der Waals surface area contributed by atoms with Gasteiger partial charge in [-0.25, -0.2) is 9.78 Å². The van der Waals surface area contributed by atoms with Crippen molar-refractivity contribution in [3.8, 4) is 11.5 Å². The fourth-order valence-corrected chi connectivity index (χ4v) is 3.51. The zero-order valence-corrected chi connectivity index (χ0v) is 18.4. The molecular formula is C23H28N4O5. The minimum absolute atomic E-state index is 0.0294. The van der Waals surface area contributed by atoms with Crippen LogP contribution in [-0.2, 0) is 6.54 Å². The fourth-order valence-electron chi connectivity index (χ4n) is 3.51. The number of ether oxygens (including phenoxy) is 2. The molecule has 3 aromatic rings. The molecule has 0 fully saturated rings. The highest BCUT2D eigenvalue weighted by Crippen LogP contribution is 2.32. The highest BCUT2D eigenvalue weighted by atomic mass is 16.5. The molecule has 170 valence electrons. The second kappa shape index (κ2) is 10.6. The van der Waals surface area contributed by atoms with Crippen LogP contribution in [0.15, 0.2) is 36.5 Å². The summed E-state index contributed by atoms with van der Waals surface area (Å²) in [6, 6.07) is 8.61. The number of anilines is 2. The Bertz CT molecular complexity index is 1090. The number of fused-ring (bicyclic) bond motifs is 1. The first-order chi connectivity index (χ1) is 15.5. The maximum atomic E-state index is 12.3. The molecule has 2 aromatic heterocycles. The van der Waals surface area contributed by atoms with E-state index in [0.717, 1.165) is 12.0 Å². The molecule has 9 heteroatoms. The van der Waals surface area contributed by atoms with Crippen molar-refractivity contribution in [3.05, 3.63) is 47.7 Å².